The van der Waals surface area contributed by atoms with Crippen LogP contribution in [0.4, 0.5) is 0 Å². The molecule has 0 amide bonds. The Kier molecular flexibility index (Phi) is 6.25. The summed E-state index contributed by atoms with van der Waals surface area (Å²) >= 11 is 0. The molecule has 1 saturated carbocycles. The molecular formula is C19H32O2Si3. The minimum Gasteiger partial charge on any atom is -0.429 e. The maximum absolute atomic E-state index is 7.01. The van der Waals surface area contributed by atoms with Gasteiger partial charge < -0.3 is 8.23 Å². The van der Waals surface area contributed by atoms with Crippen LogP contribution < -0.4 is 5.19 Å². The van der Waals surface area contributed by atoms with E-state index in [1.54, 1.807) is 0 Å². The molecule has 1 aromatic rings. The van der Waals surface area contributed by atoms with Crippen LogP contribution in [0.3, 0.4) is 0 Å². The zero-order valence-electron chi connectivity index (χ0n) is 15.7. The SMILES string of the molecule is C=C[Si](C)(C)O[Si](O[Si](C)(C)C=C)(c1ccccc1)C1CCCC1. The molecule has 0 spiro atoms. The fourth-order valence-corrected chi connectivity index (χ4v) is 15.4. The summed E-state index contributed by atoms with van der Waals surface area (Å²) in [5, 5.41) is 1.28. The van der Waals surface area contributed by atoms with Crippen LogP contribution in [0.15, 0.2) is 54.9 Å². The zero-order chi connectivity index (χ0) is 17.8. The van der Waals surface area contributed by atoms with Crippen molar-refractivity contribution in [1.82, 2.24) is 0 Å². The van der Waals surface area contributed by atoms with E-state index in [0.29, 0.717) is 5.54 Å². The van der Waals surface area contributed by atoms with Gasteiger partial charge in [0.1, 0.15) is 0 Å². The minimum atomic E-state index is -2.57. The lowest BCUT2D eigenvalue weighted by Gasteiger charge is -2.44. The molecule has 24 heavy (non-hydrogen) atoms. The predicted octanol–water partition coefficient (Wildman–Crippen LogP) is 5.17. The molecule has 132 valence electrons. The highest BCUT2D eigenvalue weighted by atomic mass is 28.5. The lowest BCUT2D eigenvalue weighted by Crippen LogP contribution is -2.65. The van der Waals surface area contributed by atoms with Crippen LogP contribution >= 0.6 is 0 Å². The van der Waals surface area contributed by atoms with Crippen molar-refractivity contribution in [3.63, 3.8) is 0 Å². The first kappa shape index (κ1) is 19.6. The van der Waals surface area contributed by atoms with Gasteiger partial charge in [-0.2, -0.15) is 0 Å². The molecule has 1 aliphatic rings. The third-order valence-electron chi connectivity index (χ3n) is 4.88. The molecule has 0 heterocycles. The molecular weight excluding hydrogens is 344 g/mol. The number of hydrogen-bond donors (Lipinski definition) is 0. The van der Waals surface area contributed by atoms with Crippen LogP contribution in [0.5, 0.6) is 0 Å². The molecule has 0 aliphatic heterocycles. The smallest absolute Gasteiger partial charge is 0.355 e. The molecule has 1 aliphatic carbocycles. The highest BCUT2D eigenvalue weighted by Crippen LogP contribution is 2.42. The molecule has 0 bridgehead atoms. The standard InChI is InChI=1S/C19H32O2Si3/c1-7-22(3,4)20-24(19-16-12-13-17-19,21-23(5,6)8-2)18-14-10-9-11-15-18/h7-11,14-15,19H,1-2,12-13,16-17H2,3-6H3. The van der Waals surface area contributed by atoms with E-state index in [-0.39, 0.29) is 0 Å². The van der Waals surface area contributed by atoms with Gasteiger partial charge in [0.05, 0.1) is 0 Å². The first-order valence-corrected chi connectivity index (χ1v) is 16.8. The molecule has 0 radical (unpaired) electrons. The Balaban J connectivity index is 2.57. The second-order valence-corrected chi connectivity index (χ2v) is 19.4. The molecule has 2 nitrogen and oxygen atoms in total. The highest BCUT2D eigenvalue weighted by molar-refractivity contribution is 6.97. The first-order valence-electron chi connectivity index (χ1n) is 8.98. The summed E-state index contributed by atoms with van der Waals surface area (Å²) in [7, 11) is -6.54. The summed E-state index contributed by atoms with van der Waals surface area (Å²) in [4.78, 5) is 0. The topological polar surface area (TPSA) is 18.5 Å². The Morgan fingerprint density at radius 1 is 0.875 bits per heavy atom. The summed E-state index contributed by atoms with van der Waals surface area (Å²) in [6.45, 7) is 17.0. The Morgan fingerprint density at radius 3 is 1.75 bits per heavy atom. The Morgan fingerprint density at radius 2 is 1.33 bits per heavy atom. The zero-order valence-corrected chi connectivity index (χ0v) is 18.7. The highest BCUT2D eigenvalue weighted by Gasteiger charge is 2.53. The van der Waals surface area contributed by atoms with E-state index in [0.717, 1.165) is 0 Å². The van der Waals surface area contributed by atoms with E-state index in [4.69, 9.17) is 8.23 Å². The van der Waals surface area contributed by atoms with Gasteiger partial charge in [-0.25, -0.2) is 0 Å². The fourth-order valence-electron chi connectivity index (χ4n) is 3.38. The fraction of sp³-hybridized carbons (Fsp3) is 0.474. The van der Waals surface area contributed by atoms with Crippen molar-refractivity contribution in [3.05, 3.63) is 54.9 Å². The number of rotatable bonds is 8. The lowest BCUT2D eigenvalue weighted by atomic mass is 10.4. The molecule has 0 unspecified atom stereocenters. The molecule has 0 N–H and O–H groups in total. The van der Waals surface area contributed by atoms with Gasteiger partial charge in [0.15, 0.2) is 16.6 Å². The molecule has 1 aromatic carbocycles. The summed E-state index contributed by atoms with van der Waals surface area (Å²) in [5.41, 5.74) is 4.61. The Labute approximate surface area is 151 Å². The Hall–Kier alpha value is -0.729. The van der Waals surface area contributed by atoms with Crippen molar-refractivity contribution >= 4 is 30.4 Å². The van der Waals surface area contributed by atoms with Gasteiger partial charge in [0.2, 0.25) is 0 Å². The molecule has 5 heteroatoms. The van der Waals surface area contributed by atoms with Crippen molar-refractivity contribution in [1.29, 1.82) is 0 Å². The van der Waals surface area contributed by atoms with Gasteiger partial charge in [0.25, 0.3) is 0 Å². The average Bonchev–Trinajstić information content (AvgIpc) is 3.09. The summed E-state index contributed by atoms with van der Waals surface area (Å²) in [6.07, 6.45) is 4.99. The molecule has 1 fully saturated rings. The summed E-state index contributed by atoms with van der Waals surface area (Å²) in [6, 6.07) is 10.7. The molecule has 0 aromatic heterocycles. The van der Waals surface area contributed by atoms with Gasteiger partial charge in [-0.15, -0.1) is 13.2 Å². The van der Waals surface area contributed by atoms with Gasteiger partial charge in [0, 0.05) is 5.54 Å². The van der Waals surface area contributed by atoms with Crippen LogP contribution in [0.1, 0.15) is 25.7 Å². The number of benzene rings is 1. The van der Waals surface area contributed by atoms with E-state index in [2.05, 4.69) is 69.7 Å². The summed E-state index contributed by atoms with van der Waals surface area (Å²) < 4.78 is 14.0. The maximum Gasteiger partial charge on any atom is 0.355 e. The largest absolute Gasteiger partial charge is 0.429 e. The van der Waals surface area contributed by atoms with Crippen LogP contribution in [0.25, 0.3) is 0 Å². The third-order valence-corrected chi connectivity index (χ3v) is 16.3. The second-order valence-electron chi connectivity index (χ2n) is 7.83. The van der Waals surface area contributed by atoms with E-state index in [1.165, 1.54) is 30.9 Å². The normalized spacial score (nSPS) is 17.0. The molecule has 0 saturated heterocycles. The van der Waals surface area contributed by atoms with Gasteiger partial charge >= 0.3 is 8.56 Å². The second kappa shape index (κ2) is 7.66. The first-order chi connectivity index (χ1) is 11.2. The van der Waals surface area contributed by atoms with E-state index >= 15 is 0 Å². The van der Waals surface area contributed by atoms with Crippen LogP contribution in [0, 0.1) is 0 Å². The predicted molar refractivity (Wildman–Crippen MR) is 112 cm³/mol. The van der Waals surface area contributed by atoms with Crippen molar-refractivity contribution < 1.29 is 8.23 Å². The average molecular weight is 377 g/mol. The lowest BCUT2D eigenvalue weighted by molar-refractivity contribution is 0.376. The molecule has 0 atom stereocenters. The molecule has 2 rings (SSSR count). The van der Waals surface area contributed by atoms with Crippen molar-refractivity contribution in [2.24, 2.45) is 0 Å². The van der Waals surface area contributed by atoms with Crippen LogP contribution in [-0.4, -0.2) is 25.2 Å². The van der Waals surface area contributed by atoms with E-state index in [9.17, 15) is 0 Å². The monoisotopic (exact) mass is 376 g/mol. The van der Waals surface area contributed by atoms with Gasteiger partial charge in [-0.05, 0) is 44.2 Å². The van der Waals surface area contributed by atoms with Crippen molar-refractivity contribution in [3.8, 4) is 0 Å². The third kappa shape index (κ3) is 4.46. The van der Waals surface area contributed by atoms with E-state index < -0.39 is 25.2 Å². The van der Waals surface area contributed by atoms with Gasteiger partial charge in [-0.1, -0.05) is 54.6 Å². The van der Waals surface area contributed by atoms with Crippen LogP contribution in [0.2, 0.25) is 31.7 Å². The van der Waals surface area contributed by atoms with Crippen molar-refractivity contribution in [2.45, 2.75) is 57.4 Å². The van der Waals surface area contributed by atoms with Crippen LogP contribution in [-0.2, 0) is 8.23 Å². The summed E-state index contributed by atoms with van der Waals surface area (Å²) in [5.74, 6) is 0. The van der Waals surface area contributed by atoms with Gasteiger partial charge in [-0.3, -0.25) is 0 Å². The maximum atomic E-state index is 7.01. The minimum absolute atomic E-state index is 0.526. The quantitative estimate of drug-likeness (QED) is 0.582. The number of hydrogen-bond acceptors (Lipinski definition) is 2. The van der Waals surface area contributed by atoms with E-state index in [1.807, 2.05) is 11.4 Å². The Bertz CT molecular complexity index is 541. The van der Waals surface area contributed by atoms with Crippen molar-refractivity contribution in [2.75, 3.05) is 0 Å².